The minimum atomic E-state index is -0.859. The zero-order valence-corrected chi connectivity index (χ0v) is 14.4. The first-order chi connectivity index (χ1) is 12.6. The Bertz CT molecular complexity index is 774. The van der Waals surface area contributed by atoms with Gasteiger partial charge in [0.2, 0.25) is 0 Å². The smallest absolute Gasteiger partial charge is 0.317 e. The van der Waals surface area contributed by atoms with E-state index in [0.29, 0.717) is 31.0 Å². The number of carboxylic acid groups (broad SMARTS) is 1. The number of carbonyl (C=O) groups excluding carboxylic acids is 1. The molecule has 9 heteroatoms. The van der Waals surface area contributed by atoms with E-state index in [1.807, 2.05) is 24.3 Å². The van der Waals surface area contributed by atoms with E-state index < -0.39 is 11.9 Å². The number of nitrogens with zero attached hydrogens (tertiary/aromatic N) is 3. The number of piperidine rings is 1. The van der Waals surface area contributed by atoms with Crippen molar-refractivity contribution < 1.29 is 19.4 Å². The van der Waals surface area contributed by atoms with E-state index in [0.717, 1.165) is 11.3 Å². The van der Waals surface area contributed by atoms with Crippen LogP contribution in [0.15, 0.2) is 24.3 Å². The quantitative estimate of drug-likeness (QED) is 0.744. The van der Waals surface area contributed by atoms with Crippen LogP contribution in [0.2, 0.25) is 0 Å². The van der Waals surface area contributed by atoms with Crippen molar-refractivity contribution in [3.05, 3.63) is 30.1 Å². The lowest BCUT2D eigenvalue weighted by atomic mass is 9.99. The molecule has 1 unspecified atom stereocenters. The minimum absolute atomic E-state index is 0.191. The van der Waals surface area contributed by atoms with Crippen LogP contribution in [0.3, 0.4) is 0 Å². The van der Waals surface area contributed by atoms with Crippen LogP contribution in [0.1, 0.15) is 18.7 Å². The maximum Gasteiger partial charge on any atom is 0.317 e. The lowest BCUT2D eigenvalue weighted by Gasteiger charge is -2.30. The van der Waals surface area contributed by atoms with E-state index in [4.69, 9.17) is 9.84 Å². The fraction of sp³-hybridized carbons (Fsp3) is 0.412. The van der Waals surface area contributed by atoms with Crippen molar-refractivity contribution in [2.75, 3.05) is 20.2 Å². The lowest BCUT2D eigenvalue weighted by molar-refractivity contribution is -0.143. The van der Waals surface area contributed by atoms with Gasteiger partial charge in [0.05, 0.1) is 19.6 Å². The van der Waals surface area contributed by atoms with E-state index in [1.165, 1.54) is 4.90 Å². The Labute approximate surface area is 150 Å². The van der Waals surface area contributed by atoms with Crippen LogP contribution in [-0.4, -0.2) is 57.4 Å². The summed E-state index contributed by atoms with van der Waals surface area (Å²) < 4.78 is 5.12. The number of methoxy groups -OCH3 is 1. The number of rotatable bonds is 5. The highest BCUT2D eigenvalue weighted by Crippen LogP contribution is 2.19. The number of carbonyl (C=O) groups is 2. The summed E-state index contributed by atoms with van der Waals surface area (Å²) in [4.78, 5) is 29.2. The molecule has 0 saturated carbocycles. The highest BCUT2D eigenvalue weighted by molar-refractivity contribution is 5.76. The highest BCUT2D eigenvalue weighted by Gasteiger charge is 2.28. The zero-order chi connectivity index (χ0) is 18.5. The first-order valence-corrected chi connectivity index (χ1v) is 8.38. The van der Waals surface area contributed by atoms with Crippen molar-refractivity contribution >= 4 is 12.0 Å². The topological polar surface area (TPSA) is 120 Å². The molecule has 2 heterocycles. The molecule has 3 N–H and O–H groups in total. The van der Waals surface area contributed by atoms with Crippen LogP contribution in [0.25, 0.3) is 11.4 Å². The molecule has 1 atom stereocenters. The molecule has 0 spiro atoms. The second-order valence-electron chi connectivity index (χ2n) is 6.12. The number of hydrogen-bond donors (Lipinski definition) is 3. The largest absolute Gasteiger partial charge is 0.497 e. The van der Waals surface area contributed by atoms with Gasteiger partial charge in [-0.2, -0.15) is 5.10 Å². The van der Waals surface area contributed by atoms with E-state index in [-0.39, 0.29) is 19.1 Å². The van der Waals surface area contributed by atoms with E-state index in [2.05, 4.69) is 20.5 Å². The minimum Gasteiger partial charge on any atom is -0.497 e. The number of likely N-dealkylation sites (tertiary alicyclic amines) is 1. The number of nitrogens with one attached hydrogen (secondary N) is 2. The van der Waals surface area contributed by atoms with Gasteiger partial charge in [0.25, 0.3) is 0 Å². The second-order valence-corrected chi connectivity index (χ2v) is 6.12. The number of benzene rings is 1. The van der Waals surface area contributed by atoms with Gasteiger partial charge >= 0.3 is 12.0 Å². The van der Waals surface area contributed by atoms with Crippen LogP contribution >= 0.6 is 0 Å². The SMILES string of the molecule is COc1ccc(-c2n[nH]c(CNC(=O)N3CCCC(C(=O)O)C3)n2)cc1. The summed E-state index contributed by atoms with van der Waals surface area (Å²) in [5, 5.41) is 18.8. The molecule has 1 aromatic heterocycles. The fourth-order valence-electron chi connectivity index (χ4n) is 2.88. The summed E-state index contributed by atoms with van der Waals surface area (Å²) >= 11 is 0. The molecule has 0 bridgehead atoms. The number of H-pyrrole nitrogens is 1. The number of aliphatic carboxylic acids is 1. The average Bonchev–Trinajstić information content (AvgIpc) is 3.15. The second kappa shape index (κ2) is 7.85. The molecule has 1 aromatic carbocycles. The Morgan fingerprint density at radius 3 is 2.85 bits per heavy atom. The Morgan fingerprint density at radius 1 is 1.38 bits per heavy atom. The first-order valence-electron chi connectivity index (χ1n) is 8.38. The van der Waals surface area contributed by atoms with Crippen molar-refractivity contribution in [2.24, 2.45) is 5.92 Å². The van der Waals surface area contributed by atoms with Gasteiger partial charge in [0, 0.05) is 18.7 Å². The monoisotopic (exact) mass is 359 g/mol. The molecule has 138 valence electrons. The van der Waals surface area contributed by atoms with Gasteiger partial charge in [0.1, 0.15) is 11.6 Å². The number of ether oxygens (including phenoxy) is 1. The molecule has 1 aliphatic heterocycles. The predicted molar refractivity (Wildman–Crippen MR) is 92.5 cm³/mol. The highest BCUT2D eigenvalue weighted by atomic mass is 16.5. The zero-order valence-electron chi connectivity index (χ0n) is 14.4. The van der Waals surface area contributed by atoms with E-state index >= 15 is 0 Å². The number of hydrogen-bond acceptors (Lipinski definition) is 5. The number of carboxylic acids is 1. The fourth-order valence-corrected chi connectivity index (χ4v) is 2.88. The third kappa shape index (κ3) is 4.11. The van der Waals surface area contributed by atoms with E-state index in [1.54, 1.807) is 7.11 Å². The molecular weight excluding hydrogens is 338 g/mol. The molecule has 0 radical (unpaired) electrons. The van der Waals surface area contributed by atoms with Gasteiger partial charge in [-0.25, -0.2) is 9.78 Å². The molecule has 2 aromatic rings. The summed E-state index contributed by atoms with van der Waals surface area (Å²) in [6, 6.07) is 7.05. The Hall–Kier alpha value is -3.10. The summed E-state index contributed by atoms with van der Waals surface area (Å²) in [6.07, 6.45) is 1.29. The van der Waals surface area contributed by atoms with Crippen molar-refractivity contribution in [3.63, 3.8) is 0 Å². The van der Waals surface area contributed by atoms with Gasteiger partial charge in [0.15, 0.2) is 5.82 Å². The van der Waals surface area contributed by atoms with Gasteiger partial charge in [-0.05, 0) is 37.1 Å². The molecule has 26 heavy (non-hydrogen) atoms. The van der Waals surface area contributed by atoms with E-state index in [9.17, 15) is 9.59 Å². The number of aromatic amines is 1. The van der Waals surface area contributed by atoms with Crippen LogP contribution in [0, 0.1) is 5.92 Å². The summed E-state index contributed by atoms with van der Waals surface area (Å²) in [7, 11) is 1.60. The van der Waals surface area contributed by atoms with Gasteiger partial charge < -0.3 is 20.1 Å². The number of amides is 2. The molecule has 0 aliphatic carbocycles. The third-order valence-electron chi connectivity index (χ3n) is 4.34. The van der Waals surface area contributed by atoms with Crippen molar-refractivity contribution in [1.82, 2.24) is 25.4 Å². The van der Waals surface area contributed by atoms with Gasteiger partial charge in [-0.3, -0.25) is 9.89 Å². The first kappa shape index (κ1) is 17.7. The van der Waals surface area contributed by atoms with Crippen molar-refractivity contribution in [1.29, 1.82) is 0 Å². The number of urea groups is 1. The summed E-state index contributed by atoms with van der Waals surface area (Å²) in [6.45, 7) is 0.980. The third-order valence-corrected chi connectivity index (χ3v) is 4.34. The Morgan fingerprint density at radius 2 is 2.15 bits per heavy atom. The normalized spacial score (nSPS) is 17.0. The molecule has 1 saturated heterocycles. The maximum atomic E-state index is 12.2. The standard InChI is InChI=1S/C17H21N5O4/c1-26-13-6-4-11(5-7-13)15-19-14(20-21-15)9-18-17(25)22-8-2-3-12(10-22)16(23)24/h4-7,12H,2-3,8-10H2,1H3,(H,18,25)(H,23,24)(H,19,20,21). The van der Waals surface area contributed by atoms with Crippen LogP contribution in [-0.2, 0) is 11.3 Å². The summed E-state index contributed by atoms with van der Waals surface area (Å²) in [5.41, 5.74) is 0.833. The number of aromatic nitrogens is 3. The predicted octanol–water partition coefficient (Wildman–Crippen LogP) is 1.49. The van der Waals surface area contributed by atoms with Gasteiger partial charge in [-0.1, -0.05) is 0 Å². The van der Waals surface area contributed by atoms with Crippen molar-refractivity contribution in [3.8, 4) is 17.1 Å². The lowest BCUT2D eigenvalue weighted by Crippen LogP contribution is -2.46. The average molecular weight is 359 g/mol. The van der Waals surface area contributed by atoms with Crippen LogP contribution in [0.5, 0.6) is 5.75 Å². The molecule has 1 fully saturated rings. The maximum absolute atomic E-state index is 12.2. The Balaban J connectivity index is 1.55. The molecule has 1 aliphatic rings. The van der Waals surface area contributed by atoms with Crippen molar-refractivity contribution in [2.45, 2.75) is 19.4 Å². The summed E-state index contributed by atoms with van der Waals surface area (Å²) in [5.74, 6) is 0.443. The van der Waals surface area contributed by atoms with Gasteiger partial charge in [-0.15, -0.1) is 0 Å². The van der Waals surface area contributed by atoms with Crippen LogP contribution in [0.4, 0.5) is 4.79 Å². The molecular formula is C17H21N5O4. The molecule has 3 rings (SSSR count). The molecule has 9 nitrogen and oxygen atoms in total. The Kier molecular flexibility index (Phi) is 5.35. The van der Waals surface area contributed by atoms with Crippen LogP contribution < -0.4 is 10.1 Å². The molecule has 2 amide bonds.